The van der Waals surface area contributed by atoms with E-state index >= 15 is 0 Å². The number of alkyl carbamates (subject to hydrolysis) is 2. The van der Waals surface area contributed by atoms with Crippen molar-refractivity contribution in [1.82, 2.24) is 21.3 Å². The highest BCUT2D eigenvalue weighted by Crippen LogP contribution is 1.94. The molecule has 0 aromatic rings. The van der Waals surface area contributed by atoms with Gasteiger partial charge in [-0.3, -0.25) is 9.59 Å². The van der Waals surface area contributed by atoms with E-state index < -0.39 is 36.7 Å². The molecule has 28 heavy (non-hydrogen) atoms. The van der Waals surface area contributed by atoms with Crippen LogP contribution in [0, 0.1) is 0 Å². The number of carbonyl (C=O) groups is 4. The number of hydrogen-bond acceptors (Lipinski definition) is 10. The van der Waals surface area contributed by atoms with Gasteiger partial charge in [0.2, 0.25) is 12.6 Å². The van der Waals surface area contributed by atoms with Gasteiger partial charge in [-0.15, -0.1) is 0 Å². The van der Waals surface area contributed by atoms with Crippen LogP contribution in [0.3, 0.4) is 0 Å². The maximum Gasteiger partial charge on any atom is 0.410 e. The summed E-state index contributed by atoms with van der Waals surface area (Å²) in [6, 6.07) is 0. The van der Waals surface area contributed by atoms with E-state index in [-0.39, 0.29) is 0 Å². The zero-order valence-corrected chi connectivity index (χ0v) is 16.7. The van der Waals surface area contributed by atoms with Gasteiger partial charge in [0.25, 0.3) is 0 Å². The first-order valence-electron chi connectivity index (χ1n) is 8.85. The van der Waals surface area contributed by atoms with Gasteiger partial charge < -0.3 is 40.2 Å². The number of rotatable bonds is 13. The van der Waals surface area contributed by atoms with Crippen molar-refractivity contribution >= 4 is 24.1 Å². The van der Waals surface area contributed by atoms with Gasteiger partial charge in [0.15, 0.2) is 0 Å². The second-order valence-corrected chi connectivity index (χ2v) is 5.52. The number of carbonyl (C=O) groups excluding carboxylic acids is 4. The maximum absolute atomic E-state index is 11.4. The normalized spacial score (nSPS) is 12.3. The fourth-order valence-corrected chi connectivity index (χ4v) is 1.83. The second kappa shape index (κ2) is 15.5. The molecule has 2 atom stereocenters. The molecule has 0 aliphatic heterocycles. The first-order chi connectivity index (χ1) is 13.2. The minimum Gasteiger partial charge on any atom is -0.426 e. The lowest BCUT2D eigenvalue weighted by atomic mass is 10.5. The minimum absolute atomic E-state index is 0.347. The molecule has 0 aromatic carbocycles. The summed E-state index contributed by atoms with van der Waals surface area (Å²) in [5.41, 5.74) is 0. The summed E-state index contributed by atoms with van der Waals surface area (Å²) < 4.78 is 18.9. The lowest BCUT2D eigenvalue weighted by Crippen LogP contribution is -2.38. The van der Waals surface area contributed by atoms with Gasteiger partial charge >= 0.3 is 24.1 Å². The summed E-state index contributed by atoms with van der Waals surface area (Å²) in [6.45, 7) is 8.38. The van der Waals surface area contributed by atoms with Gasteiger partial charge in [0.05, 0.1) is 0 Å². The molecule has 0 aromatic heterocycles. The Labute approximate surface area is 164 Å². The summed E-state index contributed by atoms with van der Waals surface area (Å²) in [5, 5.41) is 11.2. The third-order valence-corrected chi connectivity index (χ3v) is 2.83. The molecule has 12 nitrogen and oxygen atoms in total. The first-order valence-corrected chi connectivity index (χ1v) is 8.85. The smallest absolute Gasteiger partial charge is 0.410 e. The number of esters is 2. The summed E-state index contributed by atoms with van der Waals surface area (Å²) in [6.07, 6.45) is -3.22. The zero-order valence-electron chi connectivity index (χ0n) is 16.7. The molecule has 162 valence electrons. The molecule has 0 aliphatic rings. The van der Waals surface area contributed by atoms with Gasteiger partial charge in [0.1, 0.15) is 0 Å². The molecule has 0 spiro atoms. The molecule has 0 heterocycles. The van der Waals surface area contributed by atoms with Gasteiger partial charge in [-0.25, -0.2) is 9.59 Å². The molecule has 2 amide bonds. The number of nitrogens with one attached hydrogen (secondary N) is 4. The molecule has 0 aliphatic carbocycles. The molecule has 0 bridgehead atoms. The molecular formula is C16H30N4O8. The van der Waals surface area contributed by atoms with Crippen molar-refractivity contribution in [3.05, 3.63) is 0 Å². The van der Waals surface area contributed by atoms with Crippen LogP contribution in [0.5, 0.6) is 0 Å². The van der Waals surface area contributed by atoms with E-state index in [4.69, 9.17) is 9.47 Å². The van der Waals surface area contributed by atoms with Crippen LogP contribution >= 0.6 is 0 Å². The second-order valence-electron chi connectivity index (χ2n) is 5.52. The lowest BCUT2D eigenvalue weighted by molar-refractivity contribution is -0.163. The van der Waals surface area contributed by atoms with Gasteiger partial charge in [0, 0.05) is 67.0 Å². The molecule has 0 fully saturated rings. The standard InChI is InChI=1S/C16H30N4O8/c1-11(21)25-13(3)27-15(23)19-9-7-17-5-6-18-8-10-20-16(24)28-14(4)26-12(2)22/h13-14,17-18H,5-10H2,1-4H3,(H,19,23)(H,20,24)/t13-,14-/m1/s1. The minimum atomic E-state index is -0.939. The molecule has 4 N–H and O–H groups in total. The molecule has 0 saturated carbocycles. The van der Waals surface area contributed by atoms with E-state index in [0.29, 0.717) is 39.3 Å². The molecule has 0 radical (unpaired) electrons. The van der Waals surface area contributed by atoms with Crippen molar-refractivity contribution in [2.75, 3.05) is 39.3 Å². The van der Waals surface area contributed by atoms with E-state index in [9.17, 15) is 19.2 Å². The van der Waals surface area contributed by atoms with Crippen LogP contribution in [-0.4, -0.2) is 76.0 Å². The monoisotopic (exact) mass is 406 g/mol. The highest BCUT2D eigenvalue weighted by Gasteiger charge is 2.11. The Morgan fingerprint density at radius 2 is 0.929 bits per heavy atom. The van der Waals surface area contributed by atoms with Crippen molar-refractivity contribution < 1.29 is 38.1 Å². The first kappa shape index (κ1) is 25.4. The summed E-state index contributed by atoms with van der Waals surface area (Å²) in [7, 11) is 0. The Morgan fingerprint density at radius 3 is 1.25 bits per heavy atom. The topological polar surface area (TPSA) is 153 Å². The average Bonchev–Trinajstić information content (AvgIpc) is 2.54. The summed E-state index contributed by atoms with van der Waals surface area (Å²) >= 11 is 0. The fourth-order valence-electron chi connectivity index (χ4n) is 1.83. The predicted octanol–water partition coefficient (Wildman–Crippen LogP) is -0.564. The SMILES string of the molecule is CC(=O)O[C@@H](C)OC(=O)NCCNCCNCCNC(=O)O[C@H](C)OC(C)=O. The number of amides is 2. The van der Waals surface area contributed by atoms with E-state index in [1.54, 1.807) is 0 Å². The van der Waals surface area contributed by atoms with Crippen molar-refractivity contribution in [2.45, 2.75) is 40.3 Å². The lowest BCUT2D eigenvalue weighted by Gasteiger charge is -2.14. The third-order valence-electron chi connectivity index (χ3n) is 2.83. The van der Waals surface area contributed by atoms with E-state index in [1.165, 1.54) is 27.7 Å². The van der Waals surface area contributed by atoms with Crippen molar-refractivity contribution in [3.63, 3.8) is 0 Å². The highest BCUT2D eigenvalue weighted by molar-refractivity contribution is 5.69. The largest absolute Gasteiger partial charge is 0.426 e. The Balaban J connectivity index is 3.46. The number of ether oxygens (including phenoxy) is 4. The van der Waals surface area contributed by atoms with Gasteiger partial charge in [-0.1, -0.05) is 0 Å². The fraction of sp³-hybridized carbons (Fsp3) is 0.750. The highest BCUT2D eigenvalue weighted by atomic mass is 16.7. The Kier molecular flexibility index (Phi) is 14.0. The Hall–Kier alpha value is -2.60. The average molecular weight is 406 g/mol. The molecular weight excluding hydrogens is 376 g/mol. The van der Waals surface area contributed by atoms with E-state index in [1.807, 2.05) is 0 Å². The van der Waals surface area contributed by atoms with E-state index in [2.05, 4.69) is 30.7 Å². The molecule has 0 unspecified atom stereocenters. The van der Waals surface area contributed by atoms with Crippen molar-refractivity contribution in [1.29, 1.82) is 0 Å². The van der Waals surface area contributed by atoms with Crippen LogP contribution in [0.1, 0.15) is 27.7 Å². The van der Waals surface area contributed by atoms with Crippen LogP contribution in [0.15, 0.2) is 0 Å². The molecule has 0 saturated heterocycles. The van der Waals surface area contributed by atoms with Gasteiger partial charge in [-0.05, 0) is 0 Å². The van der Waals surface area contributed by atoms with E-state index in [0.717, 1.165) is 0 Å². The predicted molar refractivity (Wildman–Crippen MR) is 97.2 cm³/mol. The van der Waals surface area contributed by atoms with Crippen LogP contribution in [0.4, 0.5) is 9.59 Å². The summed E-state index contributed by atoms with van der Waals surface area (Å²) in [5.74, 6) is -1.06. The van der Waals surface area contributed by atoms with Crippen molar-refractivity contribution in [2.24, 2.45) is 0 Å². The third kappa shape index (κ3) is 16.8. The maximum atomic E-state index is 11.4. The van der Waals surface area contributed by atoms with Crippen LogP contribution in [-0.2, 0) is 28.5 Å². The Morgan fingerprint density at radius 1 is 0.607 bits per heavy atom. The molecule has 12 heteroatoms. The van der Waals surface area contributed by atoms with Crippen LogP contribution in [0.25, 0.3) is 0 Å². The van der Waals surface area contributed by atoms with Crippen LogP contribution < -0.4 is 21.3 Å². The molecule has 0 rings (SSSR count). The van der Waals surface area contributed by atoms with Crippen molar-refractivity contribution in [3.8, 4) is 0 Å². The zero-order chi connectivity index (χ0) is 21.4. The van der Waals surface area contributed by atoms with Gasteiger partial charge in [-0.2, -0.15) is 0 Å². The van der Waals surface area contributed by atoms with Crippen LogP contribution in [0.2, 0.25) is 0 Å². The Bertz CT molecular complexity index is 459. The number of hydrogen-bond donors (Lipinski definition) is 4. The summed E-state index contributed by atoms with van der Waals surface area (Å²) in [4.78, 5) is 44.1. The quantitative estimate of drug-likeness (QED) is 0.178.